The normalized spacial score (nSPS) is 30.9. The number of rotatable bonds is 1. The standard InChI is InChI=1S/C8H9NO4/c1-13-8(11)5-4-6(9-12)2-3-7(8)10/h2-5,11-12H,1H3/b9-6+. The maximum Gasteiger partial charge on any atom is 0.251 e. The van der Waals surface area contributed by atoms with Crippen molar-refractivity contribution in [1.82, 2.24) is 0 Å². The first-order chi connectivity index (χ1) is 6.12. The number of nitrogens with zero attached hydrogens (tertiary/aromatic N) is 1. The first-order valence-corrected chi connectivity index (χ1v) is 3.54. The van der Waals surface area contributed by atoms with Gasteiger partial charge in [0.15, 0.2) is 0 Å². The van der Waals surface area contributed by atoms with E-state index in [2.05, 4.69) is 9.89 Å². The number of hydrogen-bond acceptors (Lipinski definition) is 5. The van der Waals surface area contributed by atoms with Crippen LogP contribution in [-0.2, 0) is 9.53 Å². The molecule has 0 saturated carbocycles. The Hall–Kier alpha value is -1.46. The van der Waals surface area contributed by atoms with Gasteiger partial charge in [-0.3, -0.25) is 4.79 Å². The SMILES string of the molecule is COC1(O)C=C/C(=N/O)C=CC1=O. The topological polar surface area (TPSA) is 79.1 Å². The number of carbonyl (C=O) groups is 1. The van der Waals surface area contributed by atoms with Crippen LogP contribution in [0.2, 0.25) is 0 Å². The lowest BCUT2D eigenvalue weighted by Gasteiger charge is -2.17. The number of hydrogen-bond donors (Lipinski definition) is 2. The minimum atomic E-state index is -1.96. The molecule has 13 heavy (non-hydrogen) atoms. The molecule has 2 N–H and O–H groups in total. The van der Waals surface area contributed by atoms with Gasteiger partial charge in [-0.05, 0) is 24.3 Å². The summed E-state index contributed by atoms with van der Waals surface area (Å²) in [5, 5.41) is 20.8. The minimum Gasteiger partial charge on any atom is -0.410 e. The van der Waals surface area contributed by atoms with E-state index >= 15 is 0 Å². The largest absolute Gasteiger partial charge is 0.410 e. The second-order valence-corrected chi connectivity index (χ2v) is 2.46. The Kier molecular flexibility index (Phi) is 2.60. The Labute approximate surface area is 74.6 Å². The highest BCUT2D eigenvalue weighted by Crippen LogP contribution is 2.13. The van der Waals surface area contributed by atoms with Crippen LogP contribution in [0.15, 0.2) is 29.5 Å². The zero-order valence-electron chi connectivity index (χ0n) is 6.97. The van der Waals surface area contributed by atoms with Gasteiger partial charge in [0.2, 0.25) is 5.78 Å². The number of ether oxygens (including phenoxy) is 1. The average Bonchev–Trinajstić information content (AvgIpc) is 2.29. The third-order valence-electron chi connectivity index (χ3n) is 1.67. The predicted molar refractivity (Wildman–Crippen MR) is 44.5 cm³/mol. The van der Waals surface area contributed by atoms with Crippen LogP contribution in [0.25, 0.3) is 0 Å². The fraction of sp³-hybridized carbons (Fsp3) is 0.250. The molecule has 0 aromatic carbocycles. The van der Waals surface area contributed by atoms with Crippen molar-refractivity contribution in [3.05, 3.63) is 24.3 Å². The van der Waals surface area contributed by atoms with E-state index in [1.54, 1.807) is 0 Å². The molecule has 0 spiro atoms. The fourth-order valence-electron chi connectivity index (χ4n) is 0.852. The highest BCUT2D eigenvalue weighted by molar-refractivity contribution is 6.11. The van der Waals surface area contributed by atoms with Crippen molar-refractivity contribution in [3.8, 4) is 0 Å². The number of methoxy groups -OCH3 is 1. The minimum absolute atomic E-state index is 0.168. The molecule has 5 heteroatoms. The Morgan fingerprint density at radius 3 is 2.69 bits per heavy atom. The molecule has 0 fully saturated rings. The highest BCUT2D eigenvalue weighted by Gasteiger charge is 2.32. The lowest BCUT2D eigenvalue weighted by Crippen LogP contribution is -2.36. The predicted octanol–water partition coefficient (Wildman–Crippen LogP) is -0.153. The van der Waals surface area contributed by atoms with Crippen molar-refractivity contribution in [1.29, 1.82) is 0 Å². The van der Waals surface area contributed by atoms with Gasteiger partial charge in [0.1, 0.15) is 5.71 Å². The molecule has 0 amide bonds. The van der Waals surface area contributed by atoms with Crippen LogP contribution >= 0.6 is 0 Å². The van der Waals surface area contributed by atoms with Crippen LogP contribution in [0, 0.1) is 0 Å². The Bertz CT molecular complexity index is 305. The molecule has 0 saturated heterocycles. The summed E-state index contributed by atoms with van der Waals surface area (Å²) in [5.74, 6) is -2.58. The molecule has 1 aliphatic carbocycles. The van der Waals surface area contributed by atoms with E-state index in [9.17, 15) is 9.90 Å². The number of carbonyl (C=O) groups excluding carboxylic acids is 1. The summed E-state index contributed by atoms with van der Waals surface area (Å²) in [7, 11) is 1.21. The molecule has 0 radical (unpaired) electrons. The lowest BCUT2D eigenvalue weighted by atomic mass is 10.2. The highest BCUT2D eigenvalue weighted by atomic mass is 16.6. The van der Waals surface area contributed by atoms with Gasteiger partial charge in [-0.2, -0.15) is 0 Å². The molecule has 0 aliphatic heterocycles. The maximum absolute atomic E-state index is 11.2. The molecule has 0 heterocycles. The Morgan fingerprint density at radius 1 is 1.46 bits per heavy atom. The lowest BCUT2D eigenvalue weighted by molar-refractivity contribution is -0.169. The molecule has 5 nitrogen and oxygen atoms in total. The quantitative estimate of drug-likeness (QED) is 0.336. The van der Waals surface area contributed by atoms with E-state index in [1.807, 2.05) is 0 Å². The maximum atomic E-state index is 11.2. The van der Waals surface area contributed by atoms with Gasteiger partial charge >= 0.3 is 0 Å². The molecule has 1 aliphatic rings. The number of ketones is 1. The Balaban J connectivity index is 3.07. The number of oxime groups is 1. The van der Waals surface area contributed by atoms with Crippen LogP contribution in [0.5, 0.6) is 0 Å². The second kappa shape index (κ2) is 3.51. The Morgan fingerprint density at radius 2 is 2.15 bits per heavy atom. The van der Waals surface area contributed by atoms with Crippen molar-refractivity contribution in [3.63, 3.8) is 0 Å². The van der Waals surface area contributed by atoms with Gasteiger partial charge in [0.25, 0.3) is 5.79 Å². The zero-order chi connectivity index (χ0) is 9.90. The molecule has 0 aromatic rings. The molecule has 1 rings (SSSR count). The monoisotopic (exact) mass is 183 g/mol. The summed E-state index contributed by atoms with van der Waals surface area (Å²) >= 11 is 0. The summed E-state index contributed by atoms with van der Waals surface area (Å²) in [4.78, 5) is 11.2. The number of aliphatic hydroxyl groups is 1. The summed E-state index contributed by atoms with van der Waals surface area (Å²) < 4.78 is 4.60. The smallest absolute Gasteiger partial charge is 0.251 e. The molecular formula is C8H9NO4. The van der Waals surface area contributed by atoms with Gasteiger partial charge in [0, 0.05) is 7.11 Å². The third-order valence-corrected chi connectivity index (χ3v) is 1.67. The van der Waals surface area contributed by atoms with Crippen molar-refractivity contribution in [2.24, 2.45) is 5.16 Å². The van der Waals surface area contributed by atoms with E-state index in [0.29, 0.717) is 0 Å². The van der Waals surface area contributed by atoms with Crippen LogP contribution in [-0.4, -0.2) is 34.7 Å². The van der Waals surface area contributed by atoms with E-state index in [1.165, 1.54) is 19.3 Å². The van der Waals surface area contributed by atoms with Crippen molar-refractivity contribution in [2.45, 2.75) is 5.79 Å². The summed E-state index contributed by atoms with van der Waals surface area (Å²) in [6.45, 7) is 0. The molecule has 0 aromatic heterocycles. The second-order valence-electron chi connectivity index (χ2n) is 2.46. The summed E-state index contributed by atoms with van der Waals surface area (Å²) in [5.41, 5.74) is 0.168. The van der Waals surface area contributed by atoms with Gasteiger partial charge in [-0.1, -0.05) is 5.16 Å². The molecule has 70 valence electrons. The van der Waals surface area contributed by atoms with Gasteiger partial charge < -0.3 is 15.1 Å². The van der Waals surface area contributed by atoms with Gasteiger partial charge in [-0.25, -0.2) is 0 Å². The molecule has 0 bridgehead atoms. The van der Waals surface area contributed by atoms with E-state index < -0.39 is 11.6 Å². The van der Waals surface area contributed by atoms with Crippen molar-refractivity contribution >= 4 is 11.5 Å². The molecular weight excluding hydrogens is 174 g/mol. The average molecular weight is 183 g/mol. The van der Waals surface area contributed by atoms with Crippen molar-refractivity contribution in [2.75, 3.05) is 7.11 Å². The summed E-state index contributed by atoms with van der Waals surface area (Å²) in [6.07, 6.45) is 4.75. The number of allylic oxidation sites excluding steroid dienone is 2. The van der Waals surface area contributed by atoms with Gasteiger partial charge in [-0.15, -0.1) is 0 Å². The van der Waals surface area contributed by atoms with E-state index in [4.69, 9.17) is 5.21 Å². The molecule has 1 atom stereocenters. The summed E-state index contributed by atoms with van der Waals surface area (Å²) in [6, 6.07) is 0. The van der Waals surface area contributed by atoms with Crippen molar-refractivity contribution < 1.29 is 19.8 Å². The fourth-order valence-corrected chi connectivity index (χ4v) is 0.852. The van der Waals surface area contributed by atoms with Gasteiger partial charge in [0.05, 0.1) is 0 Å². The van der Waals surface area contributed by atoms with E-state index in [-0.39, 0.29) is 5.71 Å². The van der Waals surface area contributed by atoms with Crippen LogP contribution < -0.4 is 0 Å². The first kappa shape index (κ1) is 9.63. The third kappa shape index (κ3) is 1.82. The van der Waals surface area contributed by atoms with Crippen LogP contribution in [0.3, 0.4) is 0 Å². The zero-order valence-corrected chi connectivity index (χ0v) is 6.97. The molecule has 1 unspecified atom stereocenters. The van der Waals surface area contributed by atoms with Crippen LogP contribution in [0.4, 0.5) is 0 Å². The van der Waals surface area contributed by atoms with Crippen LogP contribution in [0.1, 0.15) is 0 Å². The first-order valence-electron chi connectivity index (χ1n) is 3.54. The van der Waals surface area contributed by atoms with E-state index in [0.717, 1.165) is 12.2 Å².